The van der Waals surface area contributed by atoms with Gasteiger partial charge in [-0.1, -0.05) is 174 Å². The van der Waals surface area contributed by atoms with Crippen LogP contribution in [0.4, 0.5) is 0 Å². The number of benzene rings is 4. The highest BCUT2D eigenvalue weighted by Crippen LogP contribution is 2.15. The highest BCUT2D eigenvalue weighted by Gasteiger charge is 2.27. The maximum Gasteiger partial charge on any atom is 0.491 e. The highest BCUT2D eigenvalue weighted by molar-refractivity contribution is 6.61. The Morgan fingerprint density at radius 3 is 1.19 bits per heavy atom. The molecule has 2 aromatic heterocycles. The van der Waals surface area contributed by atoms with Crippen molar-refractivity contribution in [2.24, 2.45) is 0 Å². The normalized spacial score (nSPS) is 12.1. The summed E-state index contributed by atoms with van der Waals surface area (Å²) >= 11 is 0. The molecule has 0 spiro atoms. The molecule has 4 aromatic carbocycles. The van der Waals surface area contributed by atoms with E-state index in [2.05, 4.69) is 9.97 Å². The molecule has 11 nitrogen and oxygen atoms in total. The quantitative estimate of drug-likeness (QED) is 0.0935. The number of hydrogen-bond donors (Lipinski definition) is 3. The second kappa shape index (κ2) is 37.9. The molecular formula is C58H79B3N2O9. The van der Waals surface area contributed by atoms with Crippen LogP contribution < -0.4 is 16.4 Å². The Morgan fingerprint density at radius 2 is 0.819 bits per heavy atom. The van der Waals surface area contributed by atoms with Gasteiger partial charge in [0.1, 0.15) is 5.69 Å². The van der Waals surface area contributed by atoms with Gasteiger partial charge in [0, 0.05) is 68.8 Å². The van der Waals surface area contributed by atoms with Crippen molar-refractivity contribution >= 4 is 55.1 Å². The van der Waals surface area contributed by atoms with E-state index in [0.29, 0.717) is 49.5 Å². The van der Waals surface area contributed by atoms with Crippen molar-refractivity contribution in [3.05, 3.63) is 184 Å². The molecule has 0 aliphatic carbocycles. The number of Topliss-reactive ketones (excluding diaryl/α,β-unsaturated/α-hetero) is 3. The molecule has 0 radical (unpaired) electrons. The molecule has 384 valence electrons. The Morgan fingerprint density at radius 1 is 0.444 bits per heavy atom. The summed E-state index contributed by atoms with van der Waals surface area (Å²) in [6.07, 6.45) is 8.12. The highest BCUT2D eigenvalue weighted by atomic mass is 16.5. The zero-order chi connectivity index (χ0) is 53.8. The molecule has 0 saturated carbocycles. The lowest BCUT2D eigenvalue weighted by atomic mass is 9.73. The third-order valence-electron chi connectivity index (χ3n) is 10.5. The van der Waals surface area contributed by atoms with E-state index in [4.69, 9.17) is 14.0 Å². The van der Waals surface area contributed by atoms with Crippen LogP contribution in [0.5, 0.6) is 0 Å². The van der Waals surface area contributed by atoms with Gasteiger partial charge in [-0.05, 0) is 93.3 Å². The Bertz CT molecular complexity index is 2160. The summed E-state index contributed by atoms with van der Waals surface area (Å²) in [6, 6.07) is 35.3. The van der Waals surface area contributed by atoms with E-state index in [0.717, 1.165) is 69.0 Å². The second-order valence-electron chi connectivity index (χ2n) is 14.6. The molecule has 0 amide bonds. The fourth-order valence-corrected chi connectivity index (χ4v) is 7.28. The fraction of sp³-hybridized carbons (Fsp3) is 0.362. The van der Waals surface area contributed by atoms with Crippen LogP contribution in [0.25, 0.3) is 0 Å². The van der Waals surface area contributed by atoms with Gasteiger partial charge in [0.05, 0.1) is 0 Å². The molecule has 0 atom stereocenters. The predicted molar refractivity (Wildman–Crippen MR) is 298 cm³/mol. The van der Waals surface area contributed by atoms with Crippen LogP contribution in [0.1, 0.15) is 148 Å². The van der Waals surface area contributed by atoms with Gasteiger partial charge in [0.2, 0.25) is 0 Å². The van der Waals surface area contributed by atoms with Gasteiger partial charge in [-0.25, -0.2) is 0 Å². The van der Waals surface area contributed by atoms with E-state index in [1.54, 1.807) is 48.9 Å². The van der Waals surface area contributed by atoms with Crippen molar-refractivity contribution in [1.29, 1.82) is 0 Å². The maximum atomic E-state index is 12.2. The fourth-order valence-electron chi connectivity index (χ4n) is 7.28. The molecule has 0 unspecified atom stereocenters. The molecule has 14 heteroatoms. The van der Waals surface area contributed by atoms with Crippen LogP contribution >= 0.6 is 0 Å². The van der Waals surface area contributed by atoms with Gasteiger partial charge in [0.15, 0.2) is 17.3 Å². The van der Waals surface area contributed by atoms with Gasteiger partial charge < -0.3 is 29.0 Å². The number of fused-ring (bicyclic) bond motifs is 3. The molecule has 3 aliphatic heterocycles. The molecule has 3 N–H and O–H groups in total. The van der Waals surface area contributed by atoms with Crippen molar-refractivity contribution in [3.8, 4) is 0 Å². The summed E-state index contributed by atoms with van der Waals surface area (Å²) in [5.41, 5.74) is 10.0. The first-order valence-corrected chi connectivity index (χ1v) is 25.9. The largest absolute Gasteiger partial charge is 0.491 e. The topological polar surface area (TPSA) is 165 Å². The molecule has 9 rings (SSSR count). The standard InChI is InChI=1S/C16H15BO3.2C15H14BNO3.6C2H6/c18-16(14-4-2-1-3-5-14)11-12-6-7-13-8-9-20-17(19)15(13)10-12;18-15(13-2-1-6-17-10-13)9-11-3-4-12-5-7-20-16(19)14(12)8-11;18-15(14-3-1-2-7-17-14)10-11-4-5-12-6-8-20-16(19)13(12)9-11;6*1-2/h1-7,10,19H,8-9,11H2;1-4,6,8,10,19H,5,7,9H2;1-5,7,9,19H,6,8,10H2;6*1-2H3. The second-order valence-corrected chi connectivity index (χ2v) is 14.6. The molecular weight excluding hydrogens is 901 g/mol. The number of ketones is 3. The Hall–Kier alpha value is -5.86. The average molecular weight is 981 g/mol. The number of rotatable bonds is 9. The molecule has 0 bridgehead atoms. The summed E-state index contributed by atoms with van der Waals surface area (Å²) in [4.78, 5) is 44.4. The molecule has 0 fully saturated rings. The first kappa shape index (κ1) is 64.2. The van der Waals surface area contributed by atoms with Crippen LogP contribution in [0.3, 0.4) is 0 Å². The van der Waals surface area contributed by atoms with Gasteiger partial charge in [-0.15, -0.1) is 0 Å². The van der Waals surface area contributed by atoms with E-state index in [-0.39, 0.29) is 23.8 Å². The lowest BCUT2D eigenvalue weighted by molar-refractivity contribution is 0.0981. The minimum Gasteiger partial charge on any atom is -0.423 e. The van der Waals surface area contributed by atoms with Gasteiger partial charge >= 0.3 is 21.4 Å². The third kappa shape index (κ3) is 20.7. The van der Waals surface area contributed by atoms with Gasteiger partial charge in [-0.2, -0.15) is 0 Å². The lowest BCUT2D eigenvalue weighted by Gasteiger charge is -2.19. The average Bonchev–Trinajstić information content (AvgIpc) is 3.46. The third-order valence-corrected chi connectivity index (χ3v) is 10.5. The van der Waals surface area contributed by atoms with Crippen LogP contribution in [0, 0.1) is 0 Å². The number of hydrogen-bond acceptors (Lipinski definition) is 11. The number of nitrogens with zero attached hydrogens (tertiary/aromatic N) is 2. The predicted octanol–water partition coefficient (Wildman–Crippen LogP) is 9.06. The minimum atomic E-state index is -0.886. The lowest BCUT2D eigenvalue weighted by Crippen LogP contribution is -2.41. The number of aromatic nitrogens is 2. The van der Waals surface area contributed by atoms with Crippen molar-refractivity contribution < 1.29 is 43.4 Å². The zero-order valence-electron chi connectivity index (χ0n) is 45.0. The van der Waals surface area contributed by atoms with E-state index in [1.165, 1.54) is 0 Å². The van der Waals surface area contributed by atoms with Crippen LogP contribution in [0.2, 0.25) is 0 Å². The number of pyridine rings is 2. The zero-order valence-corrected chi connectivity index (χ0v) is 45.0. The monoisotopic (exact) mass is 981 g/mol. The summed E-state index contributed by atoms with van der Waals surface area (Å²) in [5.74, 6) is 0.0674. The van der Waals surface area contributed by atoms with Gasteiger partial charge in [0.25, 0.3) is 0 Å². The van der Waals surface area contributed by atoms with E-state index in [1.807, 2.05) is 168 Å². The van der Waals surface area contributed by atoms with Crippen LogP contribution in [-0.4, -0.2) is 83.6 Å². The number of carbonyl (C=O) groups excluding carboxylic acids is 3. The van der Waals surface area contributed by atoms with E-state index >= 15 is 0 Å². The van der Waals surface area contributed by atoms with Crippen LogP contribution in [0.15, 0.2) is 134 Å². The SMILES string of the molecule is CC.CC.CC.CC.CC.CC.O=C(Cc1ccc2c(c1)B(O)OCC2)c1ccccc1.O=C(Cc1ccc2c(c1)B(O)OCC2)c1ccccn1.O=C(Cc1ccc2c(c1)B(O)OCC2)c1cccnc1. The number of carbonyl (C=O) groups is 3. The smallest absolute Gasteiger partial charge is 0.423 e. The van der Waals surface area contributed by atoms with E-state index < -0.39 is 21.4 Å². The summed E-state index contributed by atoms with van der Waals surface area (Å²) < 4.78 is 15.6. The molecule has 5 heterocycles. The van der Waals surface area contributed by atoms with Crippen molar-refractivity contribution in [3.63, 3.8) is 0 Å². The molecule has 72 heavy (non-hydrogen) atoms. The van der Waals surface area contributed by atoms with E-state index in [9.17, 15) is 29.5 Å². The molecule has 6 aromatic rings. The summed E-state index contributed by atoms with van der Waals surface area (Å²) in [6.45, 7) is 25.6. The first-order chi connectivity index (χ1) is 35.2. The molecule has 0 saturated heterocycles. The Kier molecular flexibility index (Phi) is 33.7. The Labute approximate surface area is 432 Å². The Balaban J connectivity index is 0.000000488. The summed E-state index contributed by atoms with van der Waals surface area (Å²) in [7, 11) is -2.64. The van der Waals surface area contributed by atoms with Crippen LogP contribution in [-0.2, 0) is 52.5 Å². The van der Waals surface area contributed by atoms with Crippen molar-refractivity contribution in [2.45, 2.75) is 122 Å². The van der Waals surface area contributed by atoms with Gasteiger partial charge in [-0.3, -0.25) is 24.4 Å². The van der Waals surface area contributed by atoms with Crippen molar-refractivity contribution in [1.82, 2.24) is 9.97 Å². The maximum absolute atomic E-state index is 12.2. The van der Waals surface area contributed by atoms with Crippen molar-refractivity contribution in [2.75, 3.05) is 19.8 Å². The first-order valence-electron chi connectivity index (χ1n) is 25.9. The summed E-state index contributed by atoms with van der Waals surface area (Å²) in [5, 5.41) is 29.5. The molecule has 3 aliphatic rings. The minimum absolute atomic E-state index is 0.0178.